The highest BCUT2D eigenvalue weighted by molar-refractivity contribution is 7.85. The molecule has 172 valence electrons. The average Bonchev–Trinajstić information content (AvgIpc) is 3.19. The number of ether oxygens (including phenoxy) is 2. The van der Waals surface area contributed by atoms with Crippen LogP contribution < -0.4 is 9.47 Å². The first-order valence-corrected chi connectivity index (χ1v) is 12.1. The zero-order chi connectivity index (χ0) is 23.2. The largest absolute Gasteiger partial charge is 0.505 e. The standard InChI is InChI=1S/C22H22FNO3.CH4O3S/c1-26-21-9-16-15-8-20(25)19(23)7-14(15)13-6-12-4-3-5-24(12)11-18(13)17(16)10-22(21)27-2;1-5(2,3)4/h7-10,12,25H,3-6,11H2,1-2H3;1H3,(H,2,3,4)/t12-;/m0./s1. The zero-order valence-electron chi connectivity index (χ0n) is 18.2. The molecule has 2 heterocycles. The second-order valence-electron chi connectivity index (χ2n) is 8.26. The lowest BCUT2D eigenvalue weighted by Crippen LogP contribution is -2.35. The Bertz CT molecular complexity index is 1300. The van der Waals surface area contributed by atoms with Gasteiger partial charge in [-0.05, 0) is 82.7 Å². The van der Waals surface area contributed by atoms with E-state index in [9.17, 15) is 17.9 Å². The Morgan fingerprint density at radius 1 is 1.00 bits per heavy atom. The summed E-state index contributed by atoms with van der Waals surface area (Å²) in [7, 11) is -0.425. The van der Waals surface area contributed by atoms with Gasteiger partial charge in [-0.15, -0.1) is 0 Å². The van der Waals surface area contributed by atoms with Gasteiger partial charge in [0.25, 0.3) is 10.1 Å². The minimum atomic E-state index is -3.67. The molecule has 0 aliphatic carbocycles. The molecule has 0 aromatic heterocycles. The summed E-state index contributed by atoms with van der Waals surface area (Å²) < 4.78 is 51.1. The van der Waals surface area contributed by atoms with Crippen molar-refractivity contribution >= 4 is 31.7 Å². The molecule has 32 heavy (non-hydrogen) atoms. The van der Waals surface area contributed by atoms with Gasteiger partial charge in [0.05, 0.1) is 20.5 Å². The van der Waals surface area contributed by atoms with Crippen LogP contribution in [0, 0.1) is 5.82 Å². The smallest absolute Gasteiger partial charge is 0.261 e. The predicted octanol–water partition coefficient (Wildman–Crippen LogP) is 3.88. The molecule has 2 aliphatic rings. The van der Waals surface area contributed by atoms with E-state index < -0.39 is 15.9 Å². The van der Waals surface area contributed by atoms with Gasteiger partial charge in [0.1, 0.15) is 0 Å². The number of phenols is 1. The van der Waals surface area contributed by atoms with E-state index >= 15 is 0 Å². The normalized spacial score (nSPS) is 18.1. The number of aromatic hydroxyl groups is 1. The van der Waals surface area contributed by atoms with Gasteiger partial charge >= 0.3 is 0 Å². The van der Waals surface area contributed by atoms with Gasteiger partial charge in [0, 0.05) is 12.6 Å². The predicted molar refractivity (Wildman–Crippen MR) is 121 cm³/mol. The van der Waals surface area contributed by atoms with Crippen molar-refractivity contribution in [1.29, 1.82) is 0 Å². The molecule has 7 nitrogen and oxygen atoms in total. The summed E-state index contributed by atoms with van der Waals surface area (Å²) in [5.74, 6) is 0.418. The third kappa shape index (κ3) is 4.20. The number of benzene rings is 3. The number of fused-ring (bicyclic) bond motifs is 7. The molecule has 0 amide bonds. The Labute approximate surface area is 186 Å². The van der Waals surface area contributed by atoms with Gasteiger partial charge < -0.3 is 14.6 Å². The van der Waals surface area contributed by atoms with Crippen LogP contribution in [0.1, 0.15) is 24.0 Å². The van der Waals surface area contributed by atoms with Crippen LogP contribution in [0.25, 0.3) is 21.5 Å². The molecule has 3 aromatic carbocycles. The topological polar surface area (TPSA) is 96.3 Å². The third-order valence-corrected chi connectivity index (χ3v) is 6.22. The van der Waals surface area contributed by atoms with Gasteiger partial charge in [0.15, 0.2) is 23.1 Å². The maximum Gasteiger partial charge on any atom is 0.261 e. The Morgan fingerprint density at radius 2 is 1.56 bits per heavy atom. The van der Waals surface area contributed by atoms with E-state index in [2.05, 4.69) is 4.90 Å². The molecule has 0 spiro atoms. The van der Waals surface area contributed by atoms with Gasteiger partial charge in [0.2, 0.25) is 0 Å². The Balaban J connectivity index is 0.000000444. The van der Waals surface area contributed by atoms with E-state index in [1.807, 2.05) is 12.1 Å². The van der Waals surface area contributed by atoms with Gasteiger partial charge in [-0.25, -0.2) is 4.39 Å². The average molecular weight is 464 g/mol. The molecular weight excluding hydrogens is 437 g/mol. The first-order chi connectivity index (χ1) is 15.1. The molecule has 0 unspecified atom stereocenters. The summed E-state index contributed by atoms with van der Waals surface area (Å²) in [6.45, 7) is 1.98. The van der Waals surface area contributed by atoms with Crippen molar-refractivity contribution in [1.82, 2.24) is 4.90 Å². The summed E-state index contributed by atoms with van der Waals surface area (Å²) in [5, 5.41) is 13.8. The van der Waals surface area contributed by atoms with Crippen molar-refractivity contribution in [2.75, 3.05) is 27.0 Å². The minimum absolute atomic E-state index is 0.322. The van der Waals surface area contributed by atoms with E-state index in [1.165, 1.54) is 30.0 Å². The molecule has 1 atom stereocenters. The third-order valence-electron chi connectivity index (χ3n) is 6.22. The number of hydrogen-bond acceptors (Lipinski definition) is 6. The van der Waals surface area contributed by atoms with Crippen LogP contribution in [-0.2, 0) is 23.1 Å². The van der Waals surface area contributed by atoms with Crippen molar-refractivity contribution in [2.24, 2.45) is 0 Å². The lowest BCUT2D eigenvalue weighted by molar-refractivity contribution is 0.229. The van der Waals surface area contributed by atoms with Crippen LogP contribution in [0.3, 0.4) is 0 Å². The molecule has 5 rings (SSSR count). The van der Waals surface area contributed by atoms with E-state index in [-0.39, 0.29) is 5.75 Å². The van der Waals surface area contributed by atoms with E-state index in [4.69, 9.17) is 14.0 Å². The summed E-state index contributed by atoms with van der Waals surface area (Å²) in [5.41, 5.74) is 2.44. The zero-order valence-corrected chi connectivity index (χ0v) is 19.0. The lowest BCUT2D eigenvalue weighted by Gasteiger charge is -2.33. The van der Waals surface area contributed by atoms with Crippen LogP contribution in [0.15, 0.2) is 24.3 Å². The van der Waals surface area contributed by atoms with Crippen LogP contribution >= 0.6 is 0 Å². The van der Waals surface area contributed by atoms with Gasteiger partial charge in [-0.2, -0.15) is 8.42 Å². The number of methoxy groups -OCH3 is 2. The van der Waals surface area contributed by atoms with Gasteiger partial charge in [-0.1, -0.05) is 0 Å². The first-order valence-electron chi connectivity index (χ1n) is 10.3. The molecule has 2 aliphatic heterocycles. The molecule has 1 saturated heterocycles. The van der Waals surface area contributed by atoms with Crippen molar-refractivity contribution in [2.45, 2.75) is 31.8 Å². The van der Waals surface area contributed by atoms with E-state index in [0.717, 1.165) is 41.1 Å². The number of hydrogen-bond donors (Lipinski definition) is 2. The van der Waals surface area contributed by atoms with Crippen molar-refractivity contribution in [3.05, 3.63) is 41.2 Å². The second-order valence-corrected chi connectivity index (χ2v) is 9.73. The summed E-state index contributed by atoms with van der Waals surface area (Å²) in [4.78, 5) is 2.53. The molecule has 0 saturated carbocycles. The van der Waals surface area contributed by atoms with E-state index in [1.54, 1.807) is 20.3 Å². The number of halogens is 1. The van der Waals surface area contributed by atoms with E-state index in [0.29, 0.717) is 23.8 Å². The maximum absolute atomic E-state index is 14.2. The monoisotopic (exact) mass is 463 g/mol. The highest BCUT2D eigenvalue weighted by atomic mass is 32.2. The quantitative estimate of drug-likeness (QED) is 0.440. The Morgan fingerprint density at radius 3 is 2.19 bits per heavy atom. The lowest BCUT2D eigenvalue weighted by atomic mass is 9.85. The highest BCUT2D eigenvalue weighted by Gasteiger charge is 2.32. The van der Waals surface area contributed by atoms with Crippen molar-refractivity contribution in [3.8, 4) is 17.2 Å². The fourth-order valence-electron chi connectivity index (χ4n) is 4.90. The fraction of sp³-hybridized carbons (Fsp3) is 0.391. The molecule has 9 heteroatoms. The van der Waals surface area contributed by atoms with Crippen LogP contribution in [0.2, 0.25) is 0 Å². The number of rotatable bonds is 2. The molecule has 3 aromatic rings. The van der Waals surface area contributed by atoms with Crippen LogP contribution in [-0.4, -0.2) is 56.0 Å². The summed E-state index contributed by atoms with van der Waals surface area (Å²) in [6, 6.07) is 7.51. The number of phenolic OH excluding ortho intramolecular Hbond substituents is 1. The minimum Gasteiger partial charge on any atom is -0.505 e. The molecule has 1 fully saturated rings. The maximum atomic E-state index is 14.2. The SMILES string of the molecule is COc1cc2c3c(c4cc(F)c(O)cc4c2cc1OC)C[C@@H]1CCCN1C3.CS(=O)(=O)O. The molecule has 0 bridgehead atoms. The summed E-state index contributed by atoms with van der Waals surface area (Å²) >= 11 is 0. The first kappa shape index (κ1) is 22.6. The molecular formula is C23H26FNO6S. The Hall–Kier alpha value is -2.62. The molecule has 2 N–H and O–H groups in total. The van der Waals surface area contributed by atoms with Crippen LogP contribution in [0.4, 0.5) is 4.39 Å². The summed E-state index contributed by atoms with van der Waals surface area (Å²) in [6.07, 6.45) is 4.03. The highest BCUT2D eigenvalue weighted by Crippen LogP contribution is 2.44. The van der Waals surface area contributed by atoms with Crippen molar-refractivity contribution < 1.29 is 31.9 Å². The Kier molecular flexibility index (Phi) is 5.91. The van der Waals surface area contributed by atoms with Gasteiger partial charge in [-0.3, -0.25) is 9.45 Å². The number of nitrogens with zero attached hydrogens (tertiary/aromatic N) is 1. The molecule has 0 radical (unpaired) electrons. The van der Waals surface area contributed by atoms with Crippen molar-refractivity contribution in [3.63, 3.8) is 0 Å². The second kappa shape index (κ2) is 8.38. The van der Waals surface area contributed by atoms with Crippen LogP contribution in [0.5, 0.6) is 17.2 Å². The fourth-order valence-corrected chi connectivity index (χ4v) is 4.90.